The second kappa shape index (κ2) is 5.57. The lowest BCUT2D eigenvalue weighted by Gasteiger charge is -2.05. The Labute approximate surface area is 117 Å². The van der Waals surface area contributed by atoms with Crippen molar-refractivity contribution in [2.45, 2.75) is 6.92 Å². The zero-order valence-electron chi connectivity index (χ0n) is 11.2. The standard InChI is InChI=1S/C16H15N3O/c1-2-20-16-12-14(13-8-4-3-5-9-13)19(18-16)15-10-6-7-11-17-15/h3-12H,2H2,1H3. The van der Waals surface area contributed by atoms with Gasteiger partial charge >= 0.3 is 0 Å². The SMILES string of the molecule is CCOc1cc(-c2ccccc2)n(-c2ccccn2)n1. The Bertz CT molecular complexity index is 620. The number of aromatic nitrogens is 3. The van der Waals surface area contributed by atoms with Gasteiger partial charge in [0.1, 0.15) is 0 Å². The second-order valence-electron chi connectivity index (χ2n) is 4.27. The highest BCUT2D eigenvalue weighted by Gasteiger charge is 2.12. The third-order valence-electron chi connectivity index (χ3n) is 2.92. The van der Waals surface area contributed by atoms with Gasteiger partial charge in [0.15, 0.2) is 5.82 Å². The van der Waals surface area contributed by atoms with Crippen LogP contribution in [-0.4, -0.2) is 21.4 Å². The predicted octanol–water partition coefficient (Wildman–Crippen LogP) is 3.33. The van der Waals surface area contributed by atoms with Crippen LogP contribution in [0.1, 0.15) is 6.92 Å². The third-order valence-corrected chi connectivity index (χ3v) is 2.92. The molecule has 0 aliphatic heterocycles. The first-order valence-electron chi connectivity index (χ1n) is 6.58. The number of hydrogen-bond donors (Lipinski definition) is 0. The summed E-state index contributed by atoms with van der Waals surface area (Å²) in [4.78, 5) is 4.35. The zero-order valence-corrected chi connectivity index (χ0v) is 11.2. The Balaban J connectivity index is 2.13. The van der Waals surface area contributed by atoms with Crippen LogP contribution in [0.25, 0.3) is 17.1 Å². The van der Waals surface area contributed by atoms with Gasteiger partial charge in [0.2, 0.25) is 5.88 Å². The molecule has 4 nitrogen and oxygen atoms in total. The third kappa shape index (κ3) is 2.40. The average Bonchev–Trinajstić information content (AvgIpc) is 2.93. The summed E-state index contributed by atoms with van der Waals surface area (Å²) in [5.41, 5.74) is 2.05. The van der Waals surface area contributed by atoms with Gasteiger partial charge in [-0.2, -0.15) is 0 Å². The normalized spacial score (nSPS) is 10.4. The highest BCUT2D eigenvalue weighted by atomic mass is 16.5. The van der Waals surface area contributed by atoms with Gasteiger partial charge in [0.05, 0.1) is 12.3 Å². The molecule has 2 aromatic heterocycles. The van der Waals surface area contributed by atoms with Gasteiger partial charge in [-0.25, -0.2) is 9.67 Å². The minimum Gasteiger partial charge on any atom is -0.477 e. The molecule has 1 aromatic carbocycles. The quantitative estimate of drug-likeness (QED) is 0.726. The molecule has 0 atom stereocenters. The first kappa shape index (κ1) is 12.4. The van der Waals surface area contributed by atoms with E-state index in [0.717, 1.165) is 17.1 Å². The van der Waals surface area contributed by atoms with Crippen LogP contribution in [0.15, 0.2) is 60.8 Å². The topological polar surface area (TPSA) is 39.9 Å². The summed E-state index contributed by atoms with van der Waals surface area (Å²) in [6.45, 7) is 2.54. The number of benzene rings is 1. The van der Waals surface area contributed by atoms with E-state index in [9.17, 15) is 0 Å². The van der Waals surface area contributed by atoms with Crippen molar-refractivity contribution in [3.8, 4) is 23.0 Å². The Kier molecular flexibility index (Phi) is 3.46. The highest BCUT2D eigenvalue weighted by Crippen LogP contribution is 2.26. The smallest absolute Gasteiger partial charge is 0.233 e. The molecule has 0 radical (unpaired) electrons. The van der Waals surface area contributed by atoms with Crippen LogP contribution in [0.2, 0.25) is 0 Å². The van der Waals surface area contributed by atoms with Gasteiger partial charge in [0, 0.05) is 17.8 Å². The lowest BCUT2D eigenvalue weighted by molar-refractivity contribution is 0.324. The monoisotopic (exact) mass is 265 g/mol. The van der Waals surface area contributed by atoms with E-state index in [-0.39, 0.29) is 0 Å². The molecule has 3 rings (SSSR count). The largest absolute Gasteiger partial charge is 0.477 e. The van der Waals surface area contributed by atoms with Crippen molar-refractivity contribution >= 4 is 0 Å². The molecule has 0 amide bonds. The Morgan fingerprint density at radius 1 is 1.05 bits per heavy atom. The van der Waals surface area contributed by atoms with Gasteiger partial charge in [-0.05, 0) is 19.1 Å². The predicted molar refractivity (Wildman–Crippen MR) is 78.0 cm³/mol. The van der Waals surface area contributed by atoms with Crippen LogP contribution < -0.4 is 4.74 Å². The summed E-state index contributed by atoms with van der Waals surface area (Å²) in [6, 6.07) is 17.8. The van der Waals surface area contributed by atoms with Crippen LogP contribution in [0, 0.1) is 0 Å². The molecule has 0 N–H and O–H groups in total. The first-order valence-corrected chi connectivity index (χ1v) is 6.58. The van der Waals surface area contributed by atoms with Crippen molar-refractivity contribution < 1.29 is 4.74 Å². The fraction of sp³-hybridized carbons (Fsp3) is 0.125. The van der Waals surface area contributed by atoms with Crippen LogP contribution in [0.3, 0.4) is 0 Å². The number of nitrogens with zero attached hydrogens (tertiary/aromatic N) is 3. The van der Waals surface area contributed by atoms with Crippen LogP contribution >= 0.6 is 0 Å². The maximum atomic E-state index is 5.51. The molecule has 0 saturated carbocycles. The van der Waals surface area contributed by atoms with E-state index in [1.54, 1.807) is 10.9 Å². The van der Waals surface area contributed by atoms with Crippen molar-refractivity contribution in [2.24, 2.45) is 0 Å². The molecule has 0 unspecified atom stereocenters. The highest BCUT2D eigenvalue weighted by molar-refractivity contribution is 5.62. The number of ether oxygens (including phenoxy) is 1. The van der Waals surface area contributed by atoms with Gasteiger partial charge in [-0.15, -0.1) is 5.10 Å². The Morgan fingerprint density at radius 2 is 1.85 bits per heavy atom. The molecule has 0 bridgehead atoms. The number of rotatable bonds is 4. The molecule has 20 heavy (non-hydrogen) atoms. The summed E-state index contributed by atoms with van der Waals surface area (Å²) in [7, 11) is 0. The lowest BCUT2D eigenvalue weighted by atomic mass is 10.1. The lowest BCUT2D eigenvalue weighted by Crippen LogP contribution is -2.01. The van der Waals surface area contributed by atoms with E-state index in [1.165, 1.54) is 0 Å². The molecule has 4 heteroatoms. The maximum Gasteiger partial charge on any atom is 0.233 e. The second-order valence-corrected chi connectivity index (χ2v) is 4.27. The van der Waals surface area contributed by atoms with Crippen molar-refractivity contribution in [2.75, 3.05) is 6.61 Å². The fourth-order valence-corrected chi connectivity index (χ4v) is 2.05. The van der Waals surface area contributed by atoms with Crippen molar-refractivity contribution in [1.29, 1.82) is 0 Å². The Hall–Kier alpha value is -2.62. The fourth-order valence-electron chi connectivity index (χ4n) is 2.05. The molecule has 3 aromatic rings. The van der Waals surface area contributed by atoms with E-state index >= 15 is 0 Å². The molecule has 0 saturated heterocycles. The number of pyridine rings is 1. The molecular formula is C16H15N3O. The maximum absolute atomic E-state index is 5.51. The molecule has 2 heterocycles. The molecule has 0 fully saturated rings. The summed E-state index contributed by atoms with van der Waals surface area (Å²) >= 11 is 0. The Morgan fingerprint density at radius 3 is 2.55 bits per heavy atom. The average molecular weight is 265 g/mol. The molecule has 100 valence electrons. The summed E-state index contributed by atoms with van der Waals surface area (Å²) in [5.74, 6) is 1.38. The minimum atomic E-state index is 0.591. The zero-order chi connectivity index (χ0) is 13.8. The van der Waals surface area contributed by atoms with E-state index in [0.29, 0.717) is 12.5 Å². The van der Waals surface area contributed by atoms with E-state index in [1.807, 2.05) is 61.5 Å². The van der Waals surface area contributed by atoms with E-state index in [2.05, 4.69) is 10.1 Å². The van der Waals surface area contributed by atoms with E-state index < -0.39 is 0 Å². The van der Waals surface area contributed by atoms with Crippen molar-refractivity contribution in [3.63, 3.8) is 0 Å². The van der Waals surface area contributed by atoms with Crippen molar-refractivity contribution in [3.05, 3.63) is 60.8 Å². The molecule has 0 aliphatic carbocycles. The number of hydrogen-bond acceptors (Lipinski definition) is 3. The van der Waals surface area contributed by atoms with Crippen molar-refractivity contribution in [1.82, 2.24) is 14.8 Å². The van der Waals surface area contributed by atoms with Crippen LogP contribution in [0.4, 0.5) is 0 Å². The van der Waals surface area contributed by atoms with Crippen LogP contribution in [0.5, 0.6) is 5.88 Å². The summed E-state index contributed by atoms with van der Waals surface area (Å²) in [6.07, 6.45) is 1.76. The molecule has 0 aliphatic rings. The molecule has 0 spiro atoms. The summed E-state index contributed by atoms with van der Waals surface area (Å²) in [5, 5.41) is 4.48. The summed E-state index contributed by atoms with van der Waals surface area (Å²) < 4.78 is 7.32. The van der Waals surface area contributed by atoms with E-state index in [4.69, 9.17) is 4.74 Å². The van der Waals surface area contributed by atoms with Gasteiger partial charge in [-0.3, -0.25) is 0 Å². The first-order chi connectivity index (χ1) is 9.88. The molecular weight excluding hydrogens is 250 g/mol. The van der Waals surface area contributed by atoms with Crippen LogP contribution in [-0.2, 0) is 0 Å². The van der Waals surface area contributed by atoms with Gasteiger partial charge < -0.3 is 4.74 Å². The van der Waals surface area contributed by atoms with Gasteiger partial charge in [-0.1, -0.05) is 36.4 Å². The van der Waals surface area contributed by atoms with Gasteiger partial charge in [0.25, 0.3) is 0 Å². The minimum absolute atomic E-state index is 0.591.